The predicted molar refractivity (Wildman–Crippen MR) is 94.0 cm³/mol. The zero-order valence-electron chi connectivity index (χ0n) is 14.4. The van der Waals surface area contributed by atoms with Gasteiger partial charge in [-0.15, -0.1) is 0 Å². The van der Waals surface area contributed by atoms with Gasteiger partial charge in [0.25, 0.3) is 0 Å². The third-order valence-electron chi connectivity index (χ3n) is 4.36. The molecule has 1 aromatic carbocycles. The molecule has 0 aromatic heterocycles. The van der Waals surface area contributed by atoms with Crippen molar-refractivity contribution < 1.29 is 13.2 Å². The average Bonchev–Trinajstić information content (AvgIpc) is 2.61. The van der Waals surface area contributed by atoms with Gasteiger partial charge in [0.15, 0.2) is 0 Å². The molecule has 1 aliphatic rings. The fraction of sp³-hybridized carbons (Fsp3) is 0.588. The summed E-state index contributed by atoms with van der Waals surface area (Å²) in [5, 5.41) is 6.12. The normalized spacial score (nSPS) is 18.5. The number of hydrogen-bond donors (Lipinski definition) is 2. The van der Waals surface area contributed by atoms with Crippen LogP contribution >= 0.6 is 0 Å². The smallest absolute Gasteiger partial charge is 0.243 e. The minimum Gasteiger partial charge on any atom is -0.351 e. The number of carbonyl (C=O) groups excluding carboxylic acids is 1. The number of nitrogens with zero attached hydrogens (tertiary/aromatic N) is 1. The second-order valence-corrected chi connectivity index (χ2v) is 7.89. The largest absolute Gasteiger partial charge is 0.351 e. The van der Waals surface area contributed by atoms with E-state index in [1.165, 1.54) is 4.31 Å². The Balaban J connectivity index is 1.95. The molecule has 24 heavy (non-hydrogen) atoms. The molecule has 0 radical (unpaired) electrons. The summed E-state index contributed by atoms with van der Waals surface area (Å²) in [4.78, 5) is 12.4. The maximum atomic E-state index is 12.4. The monoisotopic (exact) mass is 353 g/mol. The number of rotatable bonds is 7. The number of sulfonamides is 1. The Morgan fingerprint density at radius 1 is 1.21 bits per heavy atom. The summed E-state index contributed by atoms with van der Waals surface area (Å²) in [6.45, 7) is 5.84. The van der Waals surface area contributed by atoms with Gasteiger partial charge in [0.2, 0.25) is 15.9 Å². The fourth-order valence-corrected chi connectivity index (χ4v) is 4.34. The fourth-order valence-electron chi connectivity index (χ4n) is 2.88. The van der Waals surface area contributed by atoms with Crippen molar-refractivity contribution >= 4 is 15.9 Å². The van der Waals surface area contributed by atoms with Crippen LogP contribution in [0.25, 0.3) is 0 Å². The summed E-state index contributed by atoms with van der Waals surface area (Å²) in [6.07, 6.45) is 3.06. The molecule has 7 heteroatoms. The van der Waals surface area contributed by atoms with Crippen molar-refractivity contribution in [3.8, 4) is 0 Å². The Kier molecular flexibility index (Phi) is 6.77. The van der Waals surface area contributed by atoms with Crippen molar-refractivity contribution in [2.75, 3.05) is 19.6 Å². The van der Waals surface area contributed by atoms with E-state index in [2.05, 4.69) is 10.6 Å². The van der Waals surface area contributed by atoms with Crippen LogP contribution in [0.15, 0.2) is 29.2 Å². The van der Waals surface area contributed by atoms with E-state index in [0.717, 1.165) is 31.4 Å². The maximum Gasteiger partial charge on any atom is 0.243 e. The molecule has 1 unspecified atom stereocenters. The molecule has 2 N–H and O–H groups in total. The molecule has 6 nitrogen and oxygen atoms in total. The van der Waals surface area contributed by atoms with Crippen LogP contribution in [0.3, 0.4) is 0 Å². The molecule has 1 fully saturated rings. The zero-order valence-corrected chi connectivity index (χ0v) is 15.2. The summed E-state index contributed by atoms with van der Waals surface area (Å²) < 4.78 is 26.3. The van der Waals surface area contributed by atoms with Gasteiger partial charge >= 0.3 is 0 Å². The van der Waals surface area contributed by atoms with Gasteiger partial charge in [-0.05, 0) is 37.1 Å². The van der Waals surface area contributed by atoms with E-state index in [1.807, 2.05) is 13.8 Å². The second kappa shape index (κ2) is 8.60. The third-order valence-corrected chi connectivity index (χ3v) is 6.42. The first kappa shape index (κ1) is 18.9. The summed E-state index contributed by atoms with van der Waals surface area (Å²) in [5.74, 6) is 0.00883. The summed E-state index contributed by atoms with van der Waals surface area (Å²) in [7, 11) is -3.43. The van der Waals surface area contributed by atoms with Gasteiger partial charge in [0, 0.05) is 19.6 Å². The van der Waals surface area contributed by atoms with Crippen molar-refractivity contribution in [2.45, 2.75) is 50.6 Å². The second-order valence-electron chi connectivity index (χ2n) is 5.95. The Hall–Kier alpha value is -1.44. The van der Waals surface area contributed by atoms with E-state index in [-0.39, 0.29) is 16.8 Å². The van der Waals surface area contributed by atoms with Gasteiger partial charge in [-0.25, -0.2) is 8.42 Å². The third kappa shape index (κ3) is 4.55. The van der Waals surface area contributed by atoms with Crippen molar-refractivity contribution in [1.82, 2.24) is 14.9 Å². The molecule has 0 aliphatic carbocycles. The molecular formula is C17H27N3O3S. The molecule has 134 valence electrons. The number of hydrogen-bond acceptors (Lipinski definition) is 4. The van der Waals surface area contributed by atoms with E-state index < -0.39 is 10.0 Å². The van der Waals surface area contributed by atoms with E-state index in [4.69, 9.17) is 0 Å². The topological polar surface area (TPSA) is 78.5 Å². The first-order chi connectivity index (χ1) is 11.5. The summed E-state index contributed by atoms with van der Waals surface area (Å²) in [6, 6.07) is 6.61. The van der Waals surface area contributed by atoms with E-state index in [9.17, 15) is 13.2 Å². The quantitative estimate of drug-likeness (QED) is 0.778. The Labute approximate surface area is 144 Å². The highest BCUT2D eigenvalue weighted by Crippen LogP contribution is 2.16. The SMILES string of the molecule is CCN(CC)S(=O)(=O)c1ccc(CNC(=O)C2CCCCN2)cc1. The Morgan fingerprint density at radius 2 is 1.88 bits per heavy atom. The molecule has 1 amide bonds. The van der Waals surface area contributed by atoms with Crippen molar-refractivity contribution in [1.29, 1.82) is 0 Å². The predicted octanol–water partition coefficient (Wildman–Crippen LogP) is 1.48. The van der Waals surface area contributed by atoms with Crippen LogP contribution in [-0.4, -0.2) is 44.3 Å². The molecular weight excluding hydrogens is 326 g/mol. The van der Waals surface area contributed by atoms with Crippen LogP contribution in [0.2, 0.25) is 0 Å². The number of amides is 1. The number of carbonyl (C=O) groups is 1. The molecule has 1 heterocycles. The van der Waals surface area contributed by atoms with Gasteiger partial charge < -0.3 is 10.6 Å². The van der Waals surface area contributed by atoms with Gasteiger partial charge in [0.05, 0.1) is 10.9 Å². The number of nitrogens with one attached hydrogen (secondary N) is 2. The highest BCUT2D eigenvalue weighted by molar-refractivity contribution is 7.89. The number of benzene rings is 1. The van der Waals surface area contributed by atoms with Crippen molar-refractivity contribution in [3.63, 3.8) is 0 Å². The van der Waals surface area contributed by atoms with E-state index in [0.29, 0.717) is 19.6 Å². The van der Waals surface area contributed by atoms with Gasteiger partial charge in [-0.1, -0.05) is 32.4 Å². The van der Waals surface area contributed by atoms with Gasteiger partial charge in [-0.3, -0.25) is 4.79 Å². The Bertz CT molecular complexity index is 634. The van der Waals surface area contributed by atoms with Crippen molar-refractivity contribution in [3.05, 3.63) is 29.8 Å². The number of piperidine rings is 1. The van der Waals surface area contributed by atoms with Crippen molar-refractivity contribution in [2.24, 2.45) is 0 Å². The molecule has 2 rings (SSSR count). The van der Waals surface area contributed by atoms with Crippen LogP contribution in [0.4, 0.5) is 0 Å². The molecule has 0 spiro atoms. The van der Waals surface area contributed by atoms with Crippen LogP contribution in [0.1, 0.15) is 38.7 Å². The maximum absolute atomic E-state index is 12.4. The molecule has 0 saturated carbocycles. The lowest BCUT2D eigenvalue weighted by molar-refractivity contribution is -0.123. The van der Waals surface area contributed by atoms with Crippen LogP contribution in [0, 0.1) is 0 Å². The Morgan fingerprint density at radius 3 is 2.42 bits per heavy atom. The first-order valence-corrected chi connectivity index (χ1v) is 10.0. The van der Waals surface area contributed by atoms with E-state index in [1.54, 1.807) is 24.3 Å². The zero-order chi connectivity index (χ0) is 17.6. The molecule has 1 aliphatic heterocycles. The lowest BCUT2D eigenvalue weighted by atomic mass is 10.0. The molecule has 1 atom stereocenters. The minimum atomic E-state index is -3.43. The highest BCUT2D eigenvalue weighted by Gasteiger charge is 2.22. The first-order valence-electron chi connectivity index (χ1n) is 8.59. The average molecular weight is 353 g/mol. The van der Waals surface area contributed by atoms with Crippen LogP contribution < -0.4 is 10.6 Å². The van der Waals surface area contributed by atoms with Gasteiger partial charge in [-0.2, -0.15) is 4.31 Å². The minimum absolute atomic E-state index is 0.00883. The standard InChI is InChI=1S/C17H27N3O3S/c1-3-20(4-2)24(22,23)15-10-8-14(9-11-15)13-19-17(21)16-7-5-6-12-18-16/h8-11,16,18H,3-7,12-13H2,1-2H3,(H,19,21). The summed E-state index contributed by atoms with van der Waals surface area (Å²) in [5.41, 5.74) is 0.887. The van der Waals surface area contributed by atoms with Crippen LogP contribution in [0.5, 0.6) is 0 Å². The van der Waals surface area contributed by atoms with Gasteiger partial charge in [0.1, 0.15) is 0 Å². The molecule has 0 bridgehead atoms. The summed E-state index contributed by atoms with van der Waals surface area (Å²) >= 11 is 0. The molecule has 1 saturated heterocycles. The molecule has 1 aromatic rings. The lowest BCUT2D eigenvalue weighted by Crippen LogP contribution is -2.46. The highest BCUT2D eigenvalue weighted by atomic mass is 32.2. The van der Waals surface area contributed by atoms with E-state index >= 15 is 0 Å². The van der Waals surface area contributed by atoms with Crippen LogP contribution in [-0.2, 0) is 21.4 Å². The lowest BCUT2D eigenvalue weighted by Gasteiger charge is -2.22.